The second kappa shape index (κ2) is 4.40. The highest BCUT2D eigenvalue weighted by Gasteiger charge is 2.06. The van der Waals surface area contributed by atoms with Crippen LogP contribution in [0, 0.1) is 0 Å². The highest BCUT2D eigenvalue weighted by molar-refractivity contribution is 7.13. The monoisotopic (exact) mass is 259 g/mol. The largest absolute Gasteiger partial charge is 0.316 e. The van der Waals surface area contributed by atoms with E-state index in [0.29, 0.717) is 0 Å². The number of aromatic nitrogens is 1. The van der Waals surface area contributed by atoms with Gasteiger partial charge in [-0.2, -0.15) is 0 Å². The summed E-state index contributed by atoms with van der Waals surface area (Å²) in [7, 11) is 0. The molecule has 0 amide bonds. The van der Waals surface area contributed by atoms with Crippen molar-refractivity contribution in [1.29, 1.82) is 0 Å². The highest BCUT2D eigenvalue weighted by atomic mass is 35.5. The minimum Gasteiger partial charge on any atom is -0.316 e. The maximum absolute atomic E-state index is 6.03. The first-order chi connectivity index (χ1) is 8.34. The summed E-state index contributed by atoms with van der Waals surface area (Å²) < 4.78 is 2.15. The Bertz CT molecular complexity index is 625. The molecule has 3 heteroatoms. The van der Waals surface area contributed by atoms with E-state index in [4.69, 9.17) is 11.6 Å². The van der Waals surface area contributed by atoms with Gasteiger partial charge >= 0.3 is 0 Å². The van der Waals surface area contributed by atoms with Crippen LogP contribution in [-0.4, -0.2) is 4.57 Å². The van der Waals surface area contributed by atoms with E-state index in [1.54, 1.807) is 11.3 Å². The third kappa shape index (κ3) is 2.02. The van der Waals surface area contributed by atoms with Crippen molar-refractivity contribution < 1.29 is 0 Å². The van der Waals surface area contributed by atoms with Gasteiger partial charge in [0.15, 0.2) is 0 Å². The average Bonchev–Trinajstić information content (AvgIpc) is 3.00. The Balaban J connectivity index is 2.14. The molecule has 2 aromatic heterocycles. The van der Waals surface area contributed by atoms with Crippen molar-refractivity contribution in [3.63, 3.8) is 0 Å². The van der Waals surface area contributed by atoms with Crippen LogP contribution in [0.4, 0.5) is 0 Å². The van der Waals surface area contributed by atoms with Gasteiger partial charge in [0.2, 0.25) is 0 Å². The van der Waals surface area contributed by atoms with E-state index in [0.717, 1.165) is 10.7 Å². The fraction of sp³-hybridized carbons (Fsp3) is 0. The second-order valence-electron chi connectivity index (χ2n) is 3.72. The Morgan fingerprint density at radius 2 is 1.94 bits per heavy atom. The Hall–Kier alpha value is -1.51. The van der Waals surface area contributed by atoms with E-state index in [9.17, 15) is 0 Å². The summed E-state index contributed by atoms with van der Waals surface area (Å²) in [6.45, 7) is 0. The molecule has 0 unspecified atom stereocenters. The van der Waals surface area contributed by atoms with Crippen molar-refractivity contribution in [2.75, 3.05) is 0 Å². The van der Waals surface area contributed by atoms with E-state index < -0.39 is 0 Å². The Morgan fingerprint density at radius 3 is 2.71 bits per heavy atom. The number of hydrogen-bond acceptors (Lipinski definition) is 1. The van der Waals surface area contributed by atoms with Crippen LogP contribution in [0.5, 0.6) is 0 Å². The zero-order chi connectivity index (χ0) is 11.7. The molecule has 0 saturated heterocycles. The molecule has 0 atom stereocenters. The van der Waals surface area contributed by atoms with Gasteiger partial charge in [0.05, 0.1) is 10.6 Å². The van der Waals surface area contributed by atoms with Crippen molar-refractivity contribution in [1.82, 2.24) is 4.57 Å². The van der Waals surface area contributed by atoms with Crippen LogP contribution in [0.15, 0.2) is 60.1 Å². The van der Waals surface area contributed by atoms with Crippen molar-refractivity contribution in [2.45, 2.75) is 0 Å². The molecule has 0 aliphatic carbocycles. The van der Waals surface area contributed by atoms with Crippen LogP contribution in [0.2, 0.25) is 5.02 Å². The molecule has 3 aromatic rings. The van der Waals surface area contributed by atoms with Crippen LogP contribution in [0.1, 0.15) is 0 Å². The van der Waals surface area contributed by atoms with Gasteiger partial charge in [-0.25, -0.2) is 0 Å². The molecule has 17 heavy (non-hydrogen) atoms. The number of hydrogen-bond donors (Lipinski definition) is 0. The number of nitrogens with zero attached hydrogens (tertiary/aromatic N) is 1. The lowest BCUT2D eigenvalue weighted by molar-refractivity contribution is 1.09. The number of halogens is 1. The van der Waals surface area contributed by atoms with Gasteiger partial charge in [-0.1, -0.05) is 23.7 Å². The Kier molecular flexibility index (Phi) is 2.75. The lowest BCUT2D eigenvalue weighted by atomic mass is 10.3. The fourth-order valence-electron chi connectivity index (χ4n) is 1.86. The van der Waals surface area contributed by atoms with Crippen molar-refractivity contribution in [3.8, 4) is 16.3 Å². The molecule has 0 aliphatic heterocycles. The van der Waals surface area contributed by atoms with Crippen LogP contribution in [0.25, 0.3) is 16.3 Å². The summed E-state index contributed by atoms with van der Waals surface area (Å²) in [5.74, 6) is 0. The molecule has 0 saturated carbocycles. The molecule has 3 rings (SSSR count). The zero-order valence-electron chi connectivity index (χ0n) is 9.01. The smallest absolute Gasteiger partial charge is 0.0628 e. The maximum Gasteiger partial charge on any atom is 0.0628 e. The predicted molar refractivity (Wildman–Crippen MR) is 74.1 cm³/mol. The van der Waals surface area contributed by atoms with Crippen molar-refractivity contribution >= 4 is 22.9 Å². The van der Waals surface area contributed by atoms with Crippen molar-refractivity contribution in [2.24, 2.45) is 0 Å². The number of thiophene rings is 1. The summed E-state index contributed by atoms with van der Waals surface area (Å²) in [5.41, 5.74) is 2.29. The van der Waals surface area contributed by atoms with Crippen molar-refractivity contribution in [3.05, 3.63) is 65.1 Å². The molecule has 0 N–H and O–H groups in total. The first-order valence-electron chi connectivity index (χ1n) is 5.32. The number of rotatable bonds is 2. The van der Waals surface area contributed by atoms with Crippen LogP contribution in [-0.2, 0) is 0 Å². The maximum atomic E-state index is 6.03. The van der Waals surface area contributed by atoms with E-state index in [-0.39, 0.29) is 0 Å². The van der Waals surface area contributed by atoms with Gasteiger partial charge in [0, 0.05) is 16.9 Å². The summed E-state index contributed by atoms with van der Waals surface area (Å²) in [6.07, 6.45) is 2.06. The number of benzene rings is 1. The lowest BCUT2D eigenvalue weighted by Gasteiger charge is -2.08. The summed E-state index contributed by atoms with van der Waals surface area (Å²) in [5, 5.41) is 2.85. The second-order valence-corrected chi connectivity index (χ2v) is 5.10. The molecule has 0 fully saturated rings. The quantitative estimate of drug-likeness (QED) is 0.619. The van der Waals surface area contributed by atoms with Gasteiger partial charge in [0.25, 0.3) is 0 Å². The third-order valence-electron chi connectivity index (χ3n) is 2.61. The molecule has 0 spiro atoms. The fourth-order valence-corrected chi connectivity index (χ4v) is 2.79. The summed E-state index contributed by atoms with van der Waals surface area (Å²) >= 11 is 7.77. The molecule has 0 radical (unpaired) electrons. The van der Waals surface area contributed by atoms with Crippen LogP contribution < -0.4 is 0 Å². The Labute approximate surface area is 109 Å². The van der Waals surface area contributed by atoms with E-state index in [1.165, 1.54) is 10.6 Å². The van der Waals surface area contributed by atoms with E-state index >= 15 is 0 Å². The molecule has 0 aliphatic rings. The summed E-state index contributed by atoms with van der Waals surface area (Å²) in [6, 6.07) is 16.2. The molecular weight excluding hydrogens is 250 g/mol. The lowest BCUT2D eigenvalue weighted by Crippen LogP contribution is -1.93. The first-order valence-corrected chi connectivity index (χ1v) is 6.57. The van der Waals surface area contributed by atoms with Gasteiger partial charge in [-0.3, -0.25) is 0 Å². The zero-order valence-corrected chi connectivity index (χ0v) is 10.6. The first kappa shape index (κ1) is 10.6. The van der Waals surface area contributed by atoms with Gasteiger partial charge in [-0.05, 0) is 41.8 Å². The van der Waals surface area contributed by atoms with Crippen LogP contribution >= 0.6 is 22.9 Å². The molecule has 1 aromatic carbocycles. The predicted octanol–water partition coefficient (Wildman–Crippen LogP) is 4.86. The summed E-state index contributed by atoms with van der Waals surface area (Å²) in [4.78, 5) is 1.26. The van der Waals surface area contributed by atoms with E-state index in [2.05, 4.69) is 46.5 Å². The minimum atomic E-state index is 0.758. The Morgan fingerprint density at radius 1 is 1.00 bits per heavy atom. The topological polar surface area (TPSA) is 4.93 Å². The molecule has 1 nitrogen and oxygen atoms in total. The standard InChI is InChI=1S/C14H10ClNS/c15-11-4-1-5-12(10-11)16-8-2-6-13(16)14-7-3-9-17-14/h1-10H. The van der Waals surface area contributed by atoms with E-state index in [1.807, 2.05) is 18.2 Å². The van der Waals surface area contributed by atoms with Gasteiger partial charge in [0.1, 0.15) is 0 Å². The van der Waals surface area contributed by atoms with Gasteiger partial charge < -0.3 is 4.57 Å². The minimum absolute atomic E-state index is 0.758. The normalized spacial score (nSPS) is 10.6. The molecular formula is C14H10ClNS. The molecule has 0 bridgehead atoms. The highest BCUT2D eigenvalue weighted by Crippen LogP contribution is 2.28. The van der Waals surface area contributed by atoms with Gasteiger partial charge in [-0.15, -0.1) is 11.3 Å². The molecule has 2 heterocycles. The average molecular weight is 260 g/mol. The molecule has 84 valence electrons. The third-order valence-corrected chi connectivity index (χ3v) is 3.74. The van der Waals surface area contributed by atoms with Crippen LogP contribution in [0.3, 0.4) is 0 Å². The SMILES string of the molecule is Clc1cccc(-n2cccc2-c2cccs2)c1.